The Bertz CT molecular complexity index is 476. The molecule has 1 saturated heterocycles. The van der Waals surface area contributed by atoms with E-state index in [1.165, 1.54) is 19.1 Å². The molecule has 2 amide bonds. The second-order valence-electron chi connectivity index (χ2n) is 4.87. The van der Waals surface area contributed by atoms with Crippen LogP contribution in [0.1, 0.15) is 19.3 Å². The van der Waals surface area contributed by atoms with Gasteiger partial charge in [-0.05, 0) is 0 Å². The van der Waals surface area contributed by atoms with Gasteiger partial charge < -0.3 is 14.7 Å². The summed E-state index contributed by atoms with van der Waals surface area (Å²) in [6.07, 6.45) is 0.422. The van der Waals surface area contributed by atoms with Crippen molar-refractivity contribution in [3.05, 3.63) is 0 Å². The lowest BCUT2D eigenvalue weighted by Gasteiger charge is -2.25. The average Bonchev–Trinajstić information content (AvgIpc) is 2.85. The van der Waals surface area contributed by atoms with Crippen LogP contribution in [0, 0.1) is 0 Å². The van der Waals surface area contributed by atoms with Gasteiger partial charge in [-0.15, -0.1) is 0 Å². The number of amides is 2. The van der Waals surface area contributed by atoms with Crippen molar-refractivity contribution in [1.82, 2.24) is 9.91 Å². The number of carboxylic acid groups (broad SMARTS) is 1. The van der Waals surface area contributed by atoms with E-state index in [1.807, 2.05) is 0 Å². The van der Waals surface area contributed by atoms with Crippen LogP contribution in [0.25, 0.3) is 0 Å². The van der Waals surface area contributed by atoms with E-state index in [2.05, 4.69) is 5.10 Å². The largest absolute Gasteiger partial charge is 0.480 e. The number of hydrogen-bond donors (Lipinski definition) is 1. The molecule has 2 atom stereocenters. The molecule has 0 bridgehead atoms. The molecule has 0 saturated carbocycles. The molecule has 2 rings (SSSR count). The number of hydrazone groups is 1. The Balaban J connectivity index is 2.17. The highest BCUT2D eigenvalue weighted by Crippen LogP contribution is 2.22. The van der Waals surface area contributed by atoms with E-state index in [4.69, 9.17) is 4.74 Å². The lowest BCUT2D eigenvalue weighted by Crippen LogP contribution is -2.46. The van der Waals surface area contributed by atoms with Crippen LogP contribution in [0.5, 0.6) is 0 Å². The van der Waals surface area contributed by atoms with E-state index >= 15 is 0 Å². The number of carbonyl (C=O) groups excluding carboxylic acids is 2. The molecule has 110 valence electrons. The number of hydrogen-bond acceptors (Lipinski definition) is 5. The summed E-state index contributed by atoms with van der Waals surface area (Å²) < 4.78 is 5.14. The Morgan fingerprint density at radius 2 is 2.10 bits per heavy atom. The zero-order chi connectivity index (χ0) is 14.9. The average molecular weight is 283 g/mol. The maximum atomic E-state index is 12.4. The van der Waals surface area contributed by atoms with Crippen molar-refractivity contribution < 1.29 is 24.2 Å². The summed E-state index contributed by atoms with van der Waals surface area (Å²) >= 11 is 0. The fourth-order valence-electron chi connectivity index (χ4n) is 2.42. The molecule has 8 nitrogen and oxygen atoms in total. The summed E-state index contributed by atoms with van der Waals surface area (Å²) in [6, 6.07) is -0.905. The Hall–Kier alpha value is -1.96. The highest BCUT2D eigenvalue weighted by atomic mass is 16.5. The van der Waals surface area contributed by atoms with Crippen molar-refractivity contribution in [2.45, 2.75) is 31.4 Å². The van der Waals surface area contributed by atoms with Crippen molar-refractivity contribution in [1.29, 1.82) is 0 Å². The number of methoxy groups -OCH3 is 1. The Morgan fingerprint density at radius 3 is 2.65 bits per heavy atom. The number of carboxylic acids is 1. The minimum absolute atomic E-state index is 0.160. The third kappa shape index (κ3) is 2.64. The van der Waals surface area contributed by atoms with Gasteiger partial charge in [0, 0.05) is 40.0 Å². The molecule has 20 heavy (non-hydrogen) atoms. The zero-order valence-corrected chi connectivity index (χ0v) is 11.4. The summed E-state index contributed by atoms with van der Waals surface area (Å²) in [6.45, 7) is 0.225. The molecule has 2 aliphatic rings. The quantitative estimate of drug-likeness (QED) is 0.738. The lowest BCUT2D eigenvalue weighted by atomic mass is 10.1. The molecule has 1 N–H and O–H groups in total. The third-order valence-corrected chi connectivity index (χ3v) is 3.60. The first kappa shape index (κ1) is 14.4. The molecule has 0 aromatic heterocycles. The Morgan fingerprint density at radius 1 is 1.40 bits per heavy atom. The molecule has 2 aliphatic heterocycles. The van der Waals surface area contributed by atoms with Crippen LogP contribution in [-0.2, 0) is 19.1 Å². The standard InChI is InChI=1S/C12H17N3O5/c1-14-10(16)4-3-8(13-14)11(17)15-6-7(20-2)5-9(15)12(18)19/h7,9H,3-6H2,1-2H3,(H,18,19). The van der Waals surface area contributed by atoms with Crippen molar-refractivity contribution in [3.8, 4) is 0 Å². The van der Waals surface area contributed by atoms with Crippen molar-refractivity contribution in [3.63, 3.8) is 0 Å². The first-order valence-corrected chi connectivity index (χ1v) is 6.34. The topological polar surface area (TPSA) is 99.5 Å². The van der Waals surface area contributed by atoms with Crippen LogP contribution in [0.3, 0.4) is 0 Å². The summed E-state index contributed by atoms with van der Waals surface area (Å²) in [4.78, 5) is 36.2. The molecule has 8 heteroatoms. The number of likely N-dealkylation sites (tertiary alicyclic amines) is 1. The van der Waals surface area contributed by atoms with Gasteiger partial charge >= 0.3 is 5.97 Å². The Kier molecular flexibility index (Phi) is 4.03. The van der Waals surface area contributed by atoms with E-state index in [1.54, 1.807) is 0 Å². The van der Waals surface area contributed by atoms with Gasteiger partial charge in [-0.1, -0.05) is 0 Å². The highest BCUT2D eigenvalue weighted by Gasteiger charge is 2.41. The normalized spacial score (nSPS) is 26.7. The fourth-order valence-corrected chi connectivity index (χ4v) is 2.42. The summed E-state index contributed by atoms with van der Waals surface area (Å²) in [7, 11) is 2.97. The predicted octanol–water partition coefficient (Wildman–Crippen LogP) is -0.705. The van der Waals surface area contributed by atoms with Gasteiger partial charge in [0.2, 0.25) is 5.91 Å². The summed E-state index contributed by atoms with van der Waals surface area (Å²) in [5.74, 6) is -1.65. The first-order chi connectivity index (χ1) is 9.43. The molecule has 0 radical (unpaired) electrons. The van der Waals surface area contributed by atoms with Crippen LogP contribution < -0.4 is 0 Å². The second kappa shape index (κ2) is 5.58. The minimum Gasteiger partial charge on any atom is -0.480 e. The van der Waals surface area contributed by atoms with Crippen LogP contribution in [0.15, 0.2) is 5.10 Å². The van der Waals surface area contributed by atoms with E-state index in [-0.39, 0.29) is 43.5 Å². The molecule has 0 aromatic rings. The minimum atomic E-state index is -1.06. The van der Waals surface area contributed by atoms with Crippen molar-refractivity contribution in [2.75, 3.05) is 20.7 Å². The third-order valence-electron chi connectivity index (χ3n) is 3.60. The van der Waals surface area contributed by atoms with Gasteiger partial charge in [0.05, 0.1) is 6.10 Å². The van der Waals surface area contributed by atoms with E-state index < -0.39 is 17.9 Å². The summed E-state index contributed by atoms with van der Waals surface area (Å²) in [5, 5.41) is 14.2. The monoisotopic (exact) mass is 283 g/mol. The molecule has 0 spiro atoms. The summed E-state index contributed by atoms with van der Waals surface area (Å²) in [5.41, 5.74) is 0.218. The molecular formula is C12H17N3O5. The van der Waals surface area contributed by atoms with Gasteiger partial charge in [0.1, 0.15) is 11.8 Å². The zero-order valence-electron chi connectivity index (χ0n) is 11.4. The molecule has 2 unspecified atom stereocenters. The fraction of sp³-hybridized carbons (Fsp3) is 0.667. The van der Waals surface area contributed by atoms with Crippen LogP contribution in [-0.4, -0.2) is 71.4 Å². The smallest absolute Gasteiger partial charge is 0.326 e. The maximum Gasteiger partial charge on any atom is 0.326 e. The van der Waals surface area contributed by atoms with Crippen molar-refractivity contribution >= 4 is 23.5 Å². The number of carbonyl (C=O) groups is 3. The maximum absolute atomic E-state index is 12.4. The number of aliphatic carboxylic acids is 1. The van der Waals surface area contributed by atoms with Crippen LogP contribution >= 0.6 is 0 Å². The molecule has 2 heterocycles. The molecule has 1 fully saturated rings. The first-order valence-electron chi connectivity index (χ1n) is 6.34. The number of rotatable bonds is 3. The number of nitrogens with zero attached hydrogens (tertiary/aromatic N) is 3. The lowest BCUT2D eigenvalue weighted by molar-refractivity contribution is -0.146. The SMILES string of the molecule is COC1CC(C(=O)O)N(C(=O)C2=NN(C)C(=O)CC2)C1. The van der Waals surface area contributed by atoms with E-state index in [0.717, 1.165) is 5.01 Å². The van der Waals surface area contributed by atoms with Gasteiger partial charge in [-0.3, -0.25) is 9.59 Å². The van der Waals surface area contributed by atoms with Gasteiger partial charge in [0.15, 0.2) is 0 Å². The Labute approximate surface area is 116 Å². The second-order valence-corrected chi connectivity index (χ2v) is 4.87. The van der Waals surface area contributed by atoms with E-state index in [0.29, 0.717) is 0 Å². The van der Waals surface area contributed by atoms with E-state index in [9.17, 15) is 19.5 Å². The molecular weight excluding hydrogens is 266 g/mol. The number of ether oxygens (including phenoxy) is 1. The predicted molar refractivity (Wildman–Crippen MR) is 68.0 cm³/mol. The van der Waals surface area contributed by atoms with Crippen LogP contribution in [0.4, 0.5) is 0 Å². The van der Waals surface area contributed by atoms with Crippen molar-refractivity contribution in [2.24, 2.45) is 5.10 Å². The van der Waals surface area contributed by atoms with Crippen LogP contribution in [0.2, 0.25) is 0 Å². The molecule has 0 aliphatic carbocycles. The molecule has 0 aromatic carbocycles. The highest BCUT2D eigenvalue weighted by molar-refractivity contribution is 6.39. The van der Waals surface area contributed by atoms with Gasteiger partial charge in [-0.2, -0.15) is 5.10 Å². The van der Waals surface area contributed by atoms with Gasteiger partial charge in [0.25, 0.3) is 5.91 Å². The van der Waals surface area contributed by atoms with Gasteiger partial charge in [-0.25, -0.2) is 9.80 Å².